The summed E-state index contributed by atoms with van der Waals surface area (Å²) in [7, 11) is 1.69. The zero-order chi connectivity index (χ0) is 9.26. The fourth-order valence-electron chi connectivity index (χ4n) is 1.69. The van der Waals surface area contributed by atoms with E-state index >= 15 is 0 Å². The van der Waals surface area contributed by atoms with Gasteiger partial charge in [-0.25, -0.2) is 0 Å². The second-order valence-corrected chi connectivity index (χ2v) is 3.82. The number of methoxy groups -OCH3 is 1. The summed E-state index contributed by atoms with van der Waals surface area (Å²) >= 11 is 0. The number of amides is 1. The number of hydrogen-bond acceptors (Lipinski definition) is 3. The van der Waals surface area contributed by atoms with E-state index in [-0.39, 0.29) is 24.0 Å². The molecule has 1 heterocycles. The topological polar surface area (TPSA) is 50.4 Å². The summed E-state index contributed by atoms with van der Waals surface area (Å²) in [4.78, 5) is 11.4. The van der Waals surface area contributed by atoms with Crippen molar-refractivity contribution in [2.45, 2.75) is 25.0 Å². The van der Waals surface area contributed by atoms with Gasteiger partial charge in [0.1, 0.15) is 0 Å². The molecule has 2 atom stereocenters. The number of carbonyl (C=O) groups excluding carboxylic acids is 1. The molecule has 0 aromatic rings. The summed E-state index contributed by atoms with van der Waals surface area (Å²) in [6.45, 7) is 1.67. The van der Waals surface area contributed by atoms with Crippen LogP contribution in [-0.2, 0) is 9.53 Å². The minimum absolute atomic E-state index is 0.141. The van der Waals surface area contributed by atoms with Gasteiger partial charge in [0, 0.05) is 26.1 Å². The highest BCUT2D eigenvalue weighted by atomic mass is 16.5. The van der Waals surface area contributed by atoms with E-state index in [0.29, 0.717) is 0 Å². The second kappa shape index (κ2) is 3.64. The molecule has 0 aromatic carbocycles. The Morgan fingerprint density at radius 1 is 1.46 bits per heavy atom. The predicted octanol–water partition coefficient (Wildman–Crippen LogP) is -0.501. The maximum Gasteiger partial charge on any atom is 0.223 e. The summed E-state index contributed by atoms with van der Waals surface area (Å²) < 4.78 is 5.25. The van der Waals surface area contributed by atoms with Gasteiger partial charge in [0.05, 0.1) is 12.1 Å². The minimum atomic E-state index is 0.141. The van der Waals surface area contributed by atoms with E-state index < -0.39 is 0 Å². The van der Waals surface area contributed by atoms with Gasteiger partial charge in [-0.2, -0.15) is 0 Å². The fourth-order valence-corrected chi connectivity index (χ4v) is 1.69. The summed E-state index contributed by atoms with van der Waals surface area (Å²) in [5, 5.41) is 6.21. The molecule has 1 amide bonds. The van der Waals surface area contributed by atoms with Crippen LogP contribution in [0.15, 0.2) is 0 Å². The van der Waals surface area contributed by atoms with Crippen LogP contribution in [0.25, 0.3) is 0 Å². The summed E-state index contributed by atoms with van der Waals surface area (Å²) in [6.07, 6.45) is 2.26. The Bertz CT molecular complexity index is 204. The van der Waals surface area contributed by atoms with Crippen molar-refractivity contribution in [3.8, 4) is 0 Å². The van der Waals surface area contributed by atoms with Crippen LogP contribution in [0.2, 0.25) is 0 Å². The van der Waals surface area contributed by atoms with Gasteiger partial charge in [-0.15, -0.1) is 0 Å². The zero-order valence-corrected chi connectivity index (χ0v) is 7.88. The molecule has 2 fully saturated rings. The summed E-state index contributed by atoms with van der Waals surface area (Å²) in [6, 6.07) is 0.165. The first-order chi connectivity index (χ1) is 6.31. The maximum atomic E-state index is 11.4. The molecule has 1 aliphatic carbocycles. The van der Waals surface area contributed by atoms with Gasteiger partial charge in [-0.05, 0) is 12.8 Å². The lowest BCUT2D eigenvalue weighted by molar-refractivity contribution is -0.123. The quantitative estimate of drug-likeness (QED) is 0.621. The third kappa shape index (κ3) is 2.00. The van der Waals surface area contributed by atoms with Gasteiger partial charge in [-0.1, -0.05) is 0 Å². The maximum absolute atomic E-state index is 11.4. The van der Waals surface area contributed by atoms with Gasteiger partial charge in [0.2, 0.25) is 5.91 Å². The van der Waals surface area contributed by atoms with E-state index in [0.717, 1.165) is 25.9 Å². The van der Waals surface area contributed by atoms with Gasteiger partial charge < -0.3 is 15.4 Å². The van der Waals surface area contributed by atoms with Crippen molar-refractivity contribution in [1.29, 1.82) is 0 Å². The molecule has 2 rings (SSSR count). The Balaban J connectivity index is 1.82. The van der Waals surface area contributed by atoms with Crippen LogP contribution in [0.4, 0.5) is 0 Å². The van der Waals surface area contributed by atoms with Crippen molar-refractivity contribution in [3.05, 3.63) is 0 Å². The fraction of sp³-hybridized carbons (Fsp3) is 0.889. The Morgan fingerprint density at radius 2 is 2.23 bits per heavy atom. The highest BCUT2D eigenvalue weighted by molar-refractivity contribution is 5.81. The average Bonchev–Trinajstić information content (AvgIpc) is 2.88. The number of hydrogen-bond donors (Lipinski definition) is 2. The van der Waals surface area contributed by atoms with Crippen LogP contribution in [-0.4, -0.2) is 38.3 Å². The van der Waals surface area contributed by atoms with E-state index in [9.17, 15) is 4.79 Å². The standard InChI is InChI=1S/C9H16N2O2/c1-13-8-5-10-4-7(8)11-9(12)6-2-3-6/h6-8,10H,2-5H2,1H3,(H,11,12). The minimum Gasteiger partial charge on any atom is -0.378 e. The highest BCUT2D eigenvalue weighted by Crippen LogP contribution is 2.29. The summed E-state index contributed by atoms with van der Waals surface area (Å²) in [5.41, 5.74) is 0. The molecule has 74 valence electrons. The van der Waals surface area contributed by atoms with Crippen molar-refractivity contribution in [3.63, 3.8) is 0 Å². The van der Waals surface area contributed by atoms with Crippen molar-refractivity contribution in [1.82, 2.24) is 10.6 Å². The van der Waals surface area contributed by atoms with Gasteiger partial charge in [0.15, 0.2) is 0 Å². The third-order valence-corrected chi connectivity index (χ3v) is 2.74. The Kier molecular flexibility index (Phi) is 2.51. The number of carbonyl (C=O) groups is 1. The van der Waals surface area contributed by atoms with Crippen LogP contribution < -0.4 is 10.6 Å². The molecule has 1 aliphatic heterocycles. The molecular formula is C9H16N2O2. The van der Waals surface area contributed by atoms with Crippen molar-refractivity contribution >= 4 is 5.91 Å². The van der Waals surface area contributed by atoms with Crippen molar-refractivity contribution < 1.29 is 9.53 Å². The van der Waals surface area contributed by atoms with E-state index in [2.05, 4.69) is 10.6 Å². The largest absolute Gasteiger partial charge is 0.378 e. The average molecular weight is 184 g/mol. The zero-order valence-electron chi connectivity index (χ0n) is 7.88. The molecule has 0 bridgehead atoms. The molecule has 4 heteroatoms. The first-order valence-electron chi connectivity index (χ1n) is 4.85. The first-order valence-corrected chi connectivity index (χ1v) is 4.85. The monoisotopic (exact) mass is 184 g/mol. The van der Waals surface area contributed by atoms with Crippen LogP contribution in [0.3, 0.4) is 0 Å². The summed E-state index contributed by atoms with van der Waals surface area (Å²) in [5.74, 6) is 0.494. The second-order valence-electron chi connectivity index (χ2n) is 3.82. The molecule has 0 radical (unpaired) electrons. The van der Waals surface area contributed by atoms with Gasteiger partial charge in [-0.3, -0.25) is 4.79 Å². The molecule has 0 aromatic heterocycles. The number of nitrogens with one attached hydrogen (secondary N) is 2. The number of ether oxygens (including phenoxy) is 1. The van der Waals surface area contributed by atoms with Crippen LogP contribution >= 0.6 is 0 Å². The Morgan fingerprint density at radius 3 is 2.85 bits per heavy atom. The Hall–Kier alpha value is -0.610. The third-order valence-electron chi connectivity index (χ3n) is 2.74. The molecule has 1 saturated heterocycles. The first kappa shape index (κ1) is 8.97. The normalized spacial score (nSPS) is 33.3. The van der Waals surface area contributed by atoms with Crippen molar-refractivity contribution in [2.24, 2.45) is 5.92 Å². The lowest BCUT2D eigenvalue weighted by Gasteiger charge is -2.18. The van der Waals surface area contributed by atoms with Crippen LogP contribution in [0.1, 0.15) is 12.8 Å². The van der Waals surface area contributed by atoms with Gasteiger partial charge >= 0.3 is 0 Å². The molecule has 2 aliphatic rings. The molecule has 0 spiro atoms. The molecule has 2 unspecified atom stereocenters. The van der Waals surface area contributed by atoms with E-state index in [1.165, 1.54) is 0 Å². The van der Waals surface area contributed by atoms with Crippen molar-refractivity contribution in [2.75, 3.05) is 20.2 Å². The highest BCUT2D eigenvalue weighted by Gasteiger charge is 2.34. The van der Waals surface area contributed by atoms with E-state index in [1.807, 2.05) is 0 Å². The SMILES string of the molecule is COC1CNCC1NC(=O)C1CC1. The van der Waals surface area contributed by atoms with E-state index in [4.69, 9.17) is 4.74 Å². The number of rotatable bonds is 3. The lowest BCUT2D eigenvalue weighted by atomic mass is 10.2. The molecule has 2 N–H and O–H groups in total. The Labute approximate surface area is 78.0 Å². The smallest absolute Gasteiger partial charge is 0.223 e. The van der Waals surface area contributed by atoms with Crippen LogP contribution in [0.5, 0.6) is 0 Å². The molecular weight excluding hydrogens is 168 g/mol. The predicted molar refractivity (Wildman–Crippen MR) is 48.3 cm³/mol. The molecule has 4 nitrogen and oxygen atoms in total. The molecule has 1 saturated carbocycles. The molecule has 13 heavy (non-hydrogen) atoms. The lowest BCUT2D eigenvalue weighted by Crippen LogP contribution is -2.44. The van der Waals surface area contributed by atoms with Crippen LogP contribution in [0, 0.1) is 5.92 Å². The van der Waals surface area contributed by atoms with E-state index in [1.54, 1.807) is 7.11 Å². The van der Waals surface area contributed by atoms with Gasteiger partial charge in [0.25, 0.3) is 0 Å².